The minimum atomic E-state index is 0.212. The van der Waals surface area contributed by atoms with E-state index >= 15 is 0 Å². The molecule has 1 atom stereocenters. The van der Waals surface area contributed by atoms with Crippen molar-refractivity contribution in [1.29, 1.82) is 0 Å². The van der Waals surface area contributed by atoms with Gasteiger partial charge in [-0.3, -0.25) is 0 Å². The van der Waals surface area contributed by atoms with Crippen LogP contribution in [-0.2, 0) is 11.2 Å². The molecular formula is C13H21NO. The Morgan fingerprint density at radius 3 is 2.60 bits per heavy atom. The van der Waals surface area contributed by atoms with E-state index in [9.17, 15) is 0 Å². The summed E-state index contributed by atoms with van der Waals surface area (Å²) >= 11 is 0. The number of benzene rings is 1. The SMILES string of the molecule is CCCOCCC(N)Cc1ccccc1. The highest BCUT2D eigenvalue weighted by Crippen LogP contribution is 2.04. The maximum Gasteiger partial charge on any atom is 0.0480 e. The van der Waals surface area contributed by atoms with E-state index < -0.39 is 0 Å². The fourth-order valence-electron chi connectivity index (χ4n) is 1.50. The van der Waals surface area contributed by atoms with Gasteiger partial charge in [0, 0.05) is 19.3 Å². The zero-order valence-electron chi connectivity index (χ0n) is 9.49. The van der Waals surface area contributed by atoms with E-state index in [-0.39, 0.29) is 6.04 Å². The van der Waals surface area contributed by atoms with Crippen LogP contribution in [0, 0.1) is 0 Å². The third-order valence-electron chi connectivity index (χ3n) is 2.32. The Morgan fingerprint density at radius 2 is 1.93 bits per heavy atom. The Labute approximate surface area is 92.4 Å². The van der Waals surface area contributed by atoms with Crippen molar-refractivity contribution in [2.45, 2.75) is 32.2 Å². The maximum absolute atomic E-state index is 6.01. The molecule has 0 bridgehead atoms. The third kappa shape index (κ3) is 5.55. The second-order valence-electron chi connectivity index (χ2n) is 3.85. The lowest BCUT2D eigenvalue weighted by atomic mass is 10.0. The summed E-state index contributed by atoms with van der Waals surface area (Å²) in [5.41, 5.74) is 7.31. The van der Waals surface area contributed by atoms with Crippen LogP contribution in [0.15, 0.2) is 30.3 Å². The Bertz CT molecular complexity index is 248. The molecule has 0 saturated carbocycles. The van der Waals surface area contributed by atoms with Crippen LogP contribution in [0.1, 0.15) is 25.3 Å². The first-order chi connectivity index (χ1) is 7.33. The molecule has 1 aromatic rings. The molecule has 0 aromatic heterocycles. The summed E-state index contributed by atoms with van der Waals surface area (Å²) in [6.45, 7) is 3.74. The standard InChI is InChI=1S/C13H21NO/c1-2-9-15-10-8-13(14)11-12-6-4-3-5-7-12/h3-7,13H,2,8-11,14H2,1H3. The minimum Gasteiger partial charge on any atom is -0.381 e. The van der Waals surface area contributed by atoms with Crippen molar-refractivity contribution >= 4 is 0 Å². The molecule has 0 aliphatic carbocycles. The van der Waals surface area contributed by atoms with Gasteiger partial charge in [-0.25, -0.2) is 0 Å². The van der Waals surface area contributed by atoms with Gasteiger partial charge in [0.15, 0.2) is 0 Å². The van der Waals surface area contributed by atoms with Gasteiger partial charge in [0.05, 0.1) is 0 Å². The van der Waals surface area contributed by atoms with Gasteiger partial charge in [-0.05, 0) is 24.8 Å². The molecule has 15 heavy (non-hydrogen) atoms. The van der Waals surface area contributed by atoms with Gasteiger partial charge in [0.25, 0.3) is 0 Å². The van der Waals surface area contributed by atoms with Gasteiger partial charge in [-0.1, -0.05) is 37.3 Å². The highest BCUT2D eigenvalue weighted by molar-refractivity contribution is 5.15. The Balaban J connectivity index is 2.16. The largest absolute Gasteiger partial charge is 0.381 e. The molecule has 2 heteroatoms. The van der Waals surface area contributed by atoms with Crippen LogP contribution >= 0.6 is 0 Å². The lowest BCUT2D eigenvalue weighted by Crippen LogP contribution is -2.24. The molecule has 0 saturated heterocycles. The molecule has 0 aliphatic heterocycles. The predicted octanol–water partition coefficient (Wildman–Crippen LogP) is 2.37. The van der Waals surface area contributed by atoms with Gasteiger partial charge >= 0.3 is 0 Å². The molecule has 1 unspecified atom stereocenters. The van der Waals surface area contributed by atoms with E-state index in [2.05, 4.69) is 31.2 Å². The van der Waals surface area contributed by atoms with Crippen molar-refractivity contribution in [3.05, 3.63) is 35.9 Å². The van der Waals surface area contributed by atoms with E-state index in [0.29, 0.717) is 0 Å². The summed E-state index contributed by atoms with van der Waals surface area (Å²) in [7, 11) is 0. The number of nitrogens with two attached hydrogens (primary N) is 1. The van der Waals surface area contributed by atoms with Crippen molar-refractivity contribution in [2.75, 3.05) is 13.2 Å². The molecule has 1 rings (SSSR count). The van der Waals surface area contributed by atoms with Crippen LogP contribution in [-0.4, -0.2) is 19.3 Å². The molecule has 84 valence electrons. The summed E-state index contributed by atoms with van der Waals surface area (Å²) in [6, 6.07) is 10.6. The van der Waals surface area contributed by atoms with Crippen LogP contribution in [0.3, 0.4) is 0 Å². The average Bonchev–Trinajstić information content (AvgIpc) is 2.26. The highest BCUT2D eigenvalue weighted by Gasteiger charge is 2.03. The van der Waals surface area contributed by atoms with Gasteiger partial charge in [0.1, 0.15) is 0 Å². The smallest absolute Gasteiger partial charge is 0.0480 e. The number of ether oxygens (including phenoxy) is 1. The van der Waals surface area contributed by atoms with Crippen LogP contribution < -0.4 is 5.73 Å². The third-order valence-corrected chi connectivity index (χ3v) is 2.32. The van der Waals surface area contributed by atoms with Gasteiger partial charge in [-0.2, -0.15) is 0 Å². The van der Waals surface area contributed by atoms with Crippen LogP contribution in [0.4, 0.5) is 0 Å². The topological polar surface area (TPSA) is 35.2 Å². The maximum atomic E-state index is 6.01. The van der Waals surface area contributed by atoms with Crippen molar-refractivity contribution in [1.82, 2.24) is 0 Å². The summed E-state index contributed by atoms with van der Waals surface area (Å²) in [4.78, 5) is 0. The first kappa shape index (κ1) is 12.2. The summed E-state index contributed by atoms with van der Waals surface area (Å²) in [5.74, 6) is 0. The van der Waals surface area contributed by atoms with Crippen LogP contribution in [0.25, 0.3) is 0 Å². The normalized spacial score (nSPS) is 12.7. The van der Waals surface area contributed by atoms with Crippen molar-refractivity contribution in [2.24, 2.45) is 5.73 Å². The van der Waals surface area contributed by atoms with E-state index in [4.69, 9.17) is 10.5 Å². The molecule has 2 N–H and O–H groups in total. The zero-order valence-corrected chi connectivity index (χ0v) is 9.49. The predicted molar refractivity (Wildman–Crippen MR) is 63.8 cm³/mol. The quantitative estimate of drug-likeness (QED) is 0.697. The molecule has 0 amide bonds. The second kappa shape index (κ2) is 7.43. The first-order valence-corrected chi connectivity index (χ1v) is 5.70. The summed E-state index contributed by atoms with van der Waals surface area (Å²) < 4.78 is 5.41. The van der Waals surface area contributed by atoms with Crippen molar-refractivity contribution in [3.63, 3.8) is 0 Å². The van der Waals surface area contributed by atoms with Crippen molar-refractivity contribution in [3.8, 4) is 0 Å². The van der Waals surface area contributed by atoms with E-state index in [1.165, 1.54) is 5.56 Å². The van der Waals surface area contributed by atoms with E-state index in [1.54, 1.807) is 0 Å². The van der Waals surface area contributed by atoms with E-state index in [0.717, 1.165) is 32.5 Å². The Morgan fingerprint density at radius 1 is 1.20 bits per heavy atom. The molecule has 2 nitrogen and oxygen atoms in total. The molecule has 0 fully saturated rings. The first-order valence-electron chi connectivity index (χ1n) is 5.70. The minimum absolute atomic E-state index is 0.212. The molecule has 0 aliphatic rings. The number of hydrogen-bond donors (Lipinski definition) is 1. The molecule has 0 heterocycles. The van der Waals surface area contributed by atoms with Crippen molar-refractivity contribution < 1.29 is 4.74 Å². The Hall–Kier alpha value is -0.860. The average molecular weight is 207 g/mol. The lowest BCUT2D eigenvalue weighted by molar-refractivity contribution is 0.127. The summed E-state index contributed by atoms with van der Waals surface area (Å²) in [6.07, 6.45) is 2.96. The number of rotatable bonds is 7. The monoisotopic (exact) mass is 207 g/mol. The van der Waals surface area contributed by atoms with Gasteiger partial charge < -0.3 is 10.5 Å². The fraction of sp³-hybridized carbons (Fsp3) is 0.538. The second-order valence-corrected chi connectivity index (χ2v) is 3.85. The molecule has 0 radical (unpaired) electrons. The molecular weight excluding hydrogens is 186 g/mol. The molecule has 1 aromatic carbocycles. The van der Waals surface area contributed by atoms with Gasteiger partial charge in [0.2, 0.25) is 0 Å². The highest BCUT2D eigenvalue weighted by atomic mass is 16.5. The number of hydrogen-bond acceptors (Lipinski definition) is 2. The van der Waals surface area contributed by atoms with Crippen LogP contribution in [0.5, 0.6) is 0 Å². The van der Waals surface area contributed by atoms with Gasteiger partial charge in [-0.15, -0.1) is 0 Å². The lowest BCUT2D eigenvalue weighted by Gasteiger charge is -2.11. The fourth-order valence-corrected chi connectivity index (χ4v) is 1.50. The Kier molecular flexibility index (Phi) is 6.05. The summed E-state index contributed by atoms with van der Waals surface area (Å²) in [5, 5.41) is 0. The van der Waals surface area contributed by atoms with Crippen LogP contribution in [0.2, 0.25) is 0 Å². The van der Waals surface area contributed by atoms with E-state index in [1.807, 2.05) is 6.07 Å². The molecule has 0 spiro atoms. The zero-order chi connectivity index (χ0) is 10.9.